The summed E-state index contributed by atoms with van der Waals surface area (Å²) in [5.74, 6) is 0.947. The smallest absolute Gasteiger partial charge is 0.341 e. The molecule has 0 bridgehead atoms. The van der Waals surface area contributed by atoms with Crippen LogP contribution in [0.2, 0.25) is 0 Å². The van der Waals surface area contributed by atoms with Gasteiger partial charge in [0.1, 0.15) is 17.1 Å². The number of likely N-dealkylation sites (N-methyl/N-ethyl adjacent to an activating group) is 1. The molecule has 6 nitrogen and oxygen atoms in total. The number of hydrogen-bond acceptors (Lipinski definition) is 5. The van der Waals surface area contributed by atoms with Crippen molar-refractivity contribution in [3.63, 3.8) is 0 Å². The first-order valence-corrected chi connectivity index (χ1v) is 7.65. The minimum atomic E-state index is -0.403. The Morgan fingerprint density at radius 1 is 1.32 bits per heavy atom. The van der Waals surface area contributed by atoms with Crippen LogP contribution in [0.4, 0.5) is 0 Å². The lowest BCUT2D eigenvalue weighted by atomic mass is 10.1. The van der Waals surface area contributed by atoms with Gasteiger partial charge in [0.15, 0.2) is 0 Å². The maximum absolute atomic E-state index is 12.2. The lowest BCUT2D eigenvalue weighted by molar-refractivity contribution is -0.133. The van der Waals surface area contributed by atoms with Crippen LogP contribution < -0.4 is 0 Å². The Morgan fingerprint density at radius 2 is 2.00 bits per heavy atom. The molecule has 122 valence electrons. The molecular formula is C16H24N2O4. The van der Waals surface area contributed by atoms with Crippen LogP contribution >= 0.6 is 0 Å². The van der Waals surface area contributed by atoms with Crippen molar-refractivity contribution in [2.24, 2.45) is 0 Å². The number of hydrogen-bond donors (Lipinski definition) is 0. The van der Waals surface area contributed by atoms with Gasteiger partial charge in [-0.2, -0.15) is 0 Å². The van der Waals surface area contributed by atoms with Gasteiger partial charge in [-0.3, -0.25) is 9.69 Å². The predicted octanol–water partition coefficient (Wildman–Crippen LogP) is 1.82. The van der Waals surface area contributed by atoms with E-state index in [9.17, 15) is 9.59 Å². The summed E-state index contributed by atoms with van der Waals surface area (Å²) in [6.45, 7) is 4.29. The van der Waals surface area contributed by atoms with E-state index in [0.29, 0.717) is 30.2 Å². The third-order valence-electron chi connectivity index (χ3n) is 3.91. The largest absolute Gasteiger partial charge is 0.465 e. The van der Waals surface area contributed by atoms with Gasteiger partial charge in [0.25, 0.3) is 0 Å². The van der Waals surface area contributed by atoms with Gasteiger partial charge in [-0.25, -0.2) is 4.79 Å². The van der Waals surface area contributed by atoms with E-state index in [1.807, 2.05) is 16.8 Å². The minimum absolute atomic E-state index is 0.152. The number of carbonyl (C=O) groups is 2. The fourth-order valence-electron chi connectivity index (χ4n) is 2.73. The normalized spacial score (nSPS) is 15.2. The summed E-state index contributed by atoms with van der Waals surface area (Å²) in [7, 11) is 3.22. The Kier molecular flexibility index (Phi) is 5.60. The number of furan rings is 1. The zero-order valence-corrected chi connectivity index (χ0v) is 13.6. The Morgan fingerprint density at radius 3 is 2.64 bits per heavy atom. The van der Waals surface area contributed by atoms with Crippen molar-refractivity contribution in [2.45, 2.75) is 32.7 Å². The molecular weight excluding hydrogens is 284 g/mol. The first-order chi connectivity index (χ1) is 10.5. The van der Waals surface area contributed by atoms with Crippen LogP contribution in [0.1, 0.15) is 41.1 Å². The van der Waals surface area contributed by atoms with Gasteiger partial charge in [-0.1, -0.05) is 0 Å². The molecule has 1 aliphatic rings. The Hall–Kier alpha value is -1.82. The van der Waals surface area contributed by atoms with E-state index in [-0.39, 0.29) is 5.91 Å². The second kappa shape index (κ2) is 7.45. The highest BCUT2D eigenvalue weighted by atomic mass is 16.5. The molecule has 0 spiro atoms. The van der Waals surface area contributed by atoms with Crippen molar-refractivity contribution in [3.05, 3.63) is 23.2 Å². The fourth-order valence-corrected chi connectivity index (χ4v) is 2.73. The molecule has 2 heterocycles. The average Bonchev–Trinajstić information content (AvgIpc) is 2.87. The third-order valence-corrected chi connectivity index (χ3v) is 3.91. The number of methoxy groups -OCH3 is 1. The summed E-state index contributed by atoms with van der Waals surface area (Å²) >= 11 is 0. The van der Waals surface area contributed by atoms with E-state index >= 15 is 0 Å². The van der Waals surface area contributed by atoms with Crippen LogP contribution in [0.5, 0.6) is 0 Å². The van der Waals surface area contributed by atoms with E-state index in [4.69, 9.17) is 9.15 Å². The number of aryl methyl sites for hydroxylation is 1. The molecule has 6 heteroatoms. The van der Waals surface area contributed by atoms with Crippen LogP contribution in [-0.2, 0) is 16.1 Å². The van der Waals surface area contributed by atoms with Crippen LogP contribution in [0, 0.1) is 6.92 Å². The van der Waals surface area contributed by atoms with E-state index < -0.39 is 5.97 Å². The van der Waals surface area contributed by atoms with Crippen molar-refractivity contribution in [1.29, 1.82) is 0 Å². The fraction of sp³-hybridized carbons (Fsp3) is 0.625. The first kappa shape index (κ1) is 16.5. The highest BCUT2D eigenvalue weighted by Gasteiger charge is 2.20. The summed E-state index contributed by atoms with van der Waals surface area (Å²) in [4.78, 5) is 27.6. The zero-order valence-electron chi connectivity index (χ0n) is 13.6. The molecule has 0 aromatic carbocycles. The molecule has 0 saturated carbocycles. The van der Waals surface area contributed by atoms with Crippen LogP contribution in [0.25, 0.3) is 0 Å². The molecule has 2 rings (SSSR count). The molecule has 1 aromatic heterocycles. The maximum Gasteiger partial charge on any atom is 0.341 e. The van der Waals surface area contributed by atoms with Crippen LogP contribution in [0.15, 0.2) is 10.5 Å². The number of amides is 1. The molecule has 1 amide bonds. The number of ether oxygens (including phenoxy) is 1. The Balaban J connectivity index is 1.90. The number of nitrogens with zero attached hydrogens (tertiary/aromatic N) is 2. The second-order valence-corrected chi connectivity index (χ2v) is 5.79. The number of piperidine rings is 1. The highest BCUT2D eigenvalue weighted by molar-refractivity contribution is 5.90. The lowest BCUT2D eigenvalue weighted by Gasteiger charge is -2.28. The summed E-state index contributed by atoms with van der Waals surface area (Å²) in [6.07, 6.45) is 3.40. The molecule has 1 aliphatic heterocycles. The zero-order chi connectivity index (χ0) is 16.1. The number of rotatable bonds is 5. The van der Waals surface area contributed by atoms with Gasteiger partial charge in [0.2, 0.25) is 5.91 Å². The summed E-state index contributed by atoms with van der Waals surface area (Å²) in [5.41, 5.74) is 0.438. The topological polar surface area (TPSA) is 63.0 Å². The monoisotopic (exact) mass is 308 g/mol. The second-order valence-electron chi connectivity index (χ2n) is 5.79. The van der Waals surface area contributed by atoms with Gasteiger partial charge in [-0.05, 0) is 39.3 Å². The Labute approximate surface area is 131 Å². The average molecular weight is 308 g/mol. The minimum Gasteiger partial charge on any atom is -0.465 e. The molecule has 1 saturated heterocycles. The van der Waals surface area contributed by atoms with Gasteiger partial charge in [0, 0.05) is 13.1 Å². The maximum atomic E-state index is 12.2. The number of carbonyl (C=O) groups excluding carboxylic acids is 2. The van der Waals surface area contributed by atoms with E-state index in [0.717, 1.165) is 25.9 Å². The molecule has 22 heavy (non-hydrogen) atoms. The van der Waals surface area contributed by atoms with Crippen molar-refractivity contribution >= 4 is 11.9 Å². The number of likely N-dealkylation sites (tertiary alicyclic amines) is 1. The molecule has 0 unspecified atom stereocenters. The Bertz CT molecular complexity index is 532. The van der Waals surface area contributed by atoms with Gasteiger partial charge in [-0.15, -0.1) is 0 Å². The van der Waals surface area contributed by atoms with E-state index in [1.54, 1.807) is 13.0 Å². The molecule has 1 aromatic rings. The van der Waals surface area contributed by atoms with Crippen molar-refractivity contribution in [1.82, 2.24) is 9.80 Å². The third kappa shape index (κ3) is 4.10. The summed E-state index contributed by atoms with van der Waals surface area (Å²) < 4.78 is 10.3. The molecule has 1 fully saturated rings. The molecule has 0 radical (unpaired) electrons. The van der Waals surface area contributed by atoms with Gasteiger partial charge >= 0.3 is 5.97 Å². The van der Waals surface area contributed by atoms with E-state index in [1.165, 1.54) is 13.5 Å². The van der Waals surface area contributed by atoms with Crippen LogP contribution in [0.3, 0.4) is 0 Å². The standard InChI is InChI=1S/C16H24N2O4/c1-12-14(16(20)21-3)9-13(22-12)10-17(2)11-15(19)18-7-5-4-6-8-18/h9H,4-8,10-11H2,1-3H3. The lowest BCUT2D eigenvalue weighted by Crippen LogP contribution is -2.41. The quantitative estimate of drug-likeness (QED) is 0.776. The van der Waals surface area contributed by atoms with Crippen molar-refractivity contribution < 1.29 is 18.7 Å². The van der Waals surface area contributed by atoms with Crippen molar-refractivity contribution in [2.75, 3.05) is 33.8 Å². The molecule has 0 atom stereocenters. The summed E-state index contributed by atoms with van der Waals surface area (Å²) in [6, 6.07) is 1.68. The highest BCUT2D eigenvalue weighted by Crippen LogP contribution is 2.17. The first-order valence-electron chi connectivity index (χ1n) is 7.65. The number of esters is 1. The van der Waals surface area contributed by atoms with Crippen molar-refractivity contribution in [3.8, 4) is 0 Å². The van der Waals surface area contributed by atoms with E-state index in [2.05, 4.69) is 0 Å². The van der Waals surface area contributed by atoms with Crippen LogP contribution in [-0.4, -0.2) is 55.5 Å². The van der Waals surface area contributed by atoms with Gasteiger partial charge in [0.05, 0.1) is 20.2 Å². The summed E-state index contributed by atoms with van der Waals surface area (Å²) in [5, 5.41) is 0. The SMILES string of the molecule is COC(=O)c1cc(CN(C)CC(=O)N2CCCCC2)oc1C. The van der Waals surface area contributed by atoms with Gasteiger partial charge < -0.3 is 14.1 Å². The predicted molar refractivity (Wildman–Crippen MR) is 81.5 cm³/mol. The molecule has 0 N–H and O–H groups in total. The molecule has 0 aliphatic carbocycles.